The number of hydrogen-bond acceptors (Lipinski definition) is 1. The minimum atomic E-state index is 0.142. The third kappa shape index (κ3) is 2.35. The Kier molecular flexibility index (Phi) is 3.16. The summed E-state index contributed by atoms with van der Waals surface area (Å²) in [6.45, 7) is 2.33. The second kappa shape index (κ2) is 3.94. The summed E-state index contributed by atoms with van der Waals surface area (Å²) in [4.78, 5) is 0. The Morgan fingerprint density at radius 3 is 2.27 bits per heavy atom. The van der Waals surface area contributed by atoms with E-state index in [-0.39, 0.29) is 6.61 Å². The first-order valence-electron chi connectivity index (χ1n) is 3.69. The summed E-state index contributed by atoms with van der Waals surface area (Å²) in [5.41, 5.74) is 2.34. The van der Waals surface area contributed by atoms with Gasteiger partial charge in [0, 0.05) is 0 Å². The Hall–Kier alpha value is -0.262. The van der Waals surface area contributed by atoms with Crippen LogP contribution in [0.4, 0.5) is 0 Å². The monoisotopic (exact) mass is 212 g/mol. The SMILES string of the molecule is CC([AsH2])c1ccc(CO)cc1. The van der Waals surface area contributed by atoms with Gasteiger partial charge in [0.1, 0.15) is 0 Å². The zero-order chi connectivity index (χ0) is 8.27. The summed E-state index contributed by atoms with van der Waals surface area (Å²) >= 11 is 1.73. The molecule has 0 saturated carbocycles. The van der Waals surface area contributed by atoms with Crippen LogP contribution in [-0.4, -0.2) is 22.0 Å². The first-order valence-corrected chi connectivity index (χ1v) is 5.09. The number of benzene rings is 1. The van der Waals surface area contributed by atoms with Crippen molar-refractivity contribution in [2.45, 2.75) is 18.2 Å². The molecule has 0 saturated heterocycles. The summed E-state index contributed by atoms with van der Waals surface area (Å²) in [6.07, 6.45) is 0. The van der Waals surface area contributed by atoms with E-state index in [1.807, 2.05) is 12.1 Å². The predicted molar refractivity (Wildman–Crippen MR) is 49.3 cm³/mol. The Morgan fingerprint density at radius 2 is 1.91 bits per heavy atom. The van der Waals surface area contributed by atoms with Gasteiger partial charge in [-0.2, -0.15) is 0 Å². The molecule has 0 heterocycles. The molecular formula is C9H13AsO. The van der Waals surface area contributed by atoms with Crippen LogP contribution in [0.3, 0.4) is 0 Å². The van der Waals surface area contributed by atoms with Crippen LogP contribution < -0.4 is 0 Å². The van der Waals surface area contributed by atoms with Gasteiger partial charge in [-0.3, -0.25) is 0 Å². The van der Waals surface area contributed by atoms with Crippen molar-refractivity contribution in [1.29, 1.82) is 0 Å². The molecule has 1 N–H and O–H groups in total. The van der Waals surface area contributed by atoms with Gasteiger partial charge in [-0.25, -0.2) is 0 Å². The van der Waals surface area contributed by atoms with Gasteiger partial charge in [-0.05, 0) is 0 Å². The van der Waals surface area contributed by atoms with Gasteiger partial charge >= 0.3 is 75.6 Å². The van der Waals surface area contributed by atoms with Gasteiger partial charge in [0.25, 0.3) is 0 Å². The Morgan fingerprint density at radius 1 is 1.36 bits per heavy atom. The van der Waals surface area contributed by atoms with Crippen LogP contribution in [0.15, 0.2) is 24.3 Å². The third-order valence-electron chi connectivity index (χ3n) is 1.69. The standard InChI is InChI=1S/C9H13AsO/c1-7(10)9-4-2-8(6-11)3-5-9/h2-5,7,11H,6,10H2,1H3. The van der Waals surface area contributed by atoms with Crippen LogP contribution in [0.2, 0.25) is 0 Å². The van der Waals surface area contributed by atoms with E-state index >= 15 is 0 Å². The van der Waals surface area contributed by atoms with E-state index in [9.17, 15) is 0 Å². The van der Waals surface area contributed by atoms with E-state index in [0.29, 0.717) is 4.71 Å². The van der Waals surface area contributed by atoms with Crippen molar-refractivity contribution in [1.82, 2.24) is 0 Å². The summed E-state index contributed by atoms with van der Waals surface area (Å²) in [7, 11) is 0. The van der Waals surface area contributed by atoms with Crippen LogP contribution in [0.5, 0.6) is 0 Å². The van der Waals surface area contributed by atoms with Crippen molar-refractivity contribution in [2.75, 3.05) is 0 Å². The number of rotatable bonds is 2. The van der Waals surface area contributed by atoms with Gasteiger partial charge in [-0.15, -0.1) is 0 Å². The van der Waals surface area contributed by atoms with E-state index < -0.39 is 0 Å². The number of aliphatic hydroxyl groups is 1. The molecule has 0 radical (unpaired) electrons. The van der Waals surface area contributed by atoms with E-state index in [4.69, 9.17) is 5.11 Å². The second-order valence-corrected chi connectivity index (χ2v) is 4.79. The number of hydrogen-bond donors (Lipinski definition) is 1. The molecule has 2 heteroatoms. The van der Waals surface area contributed by atoms with Crippen LogP contribution in [0, 0.1) is 0 Å². The fraction of sp³-hybridized carbons (Fsp3) is 0.333. The fourth-order valence-electron chi connectivity index (χ4n) is 0.927. The van der Waals surface area contributed by atoms with Crippen molar-refractivity contribution in [3.8, 4) is 0 Å². The van der Waals surface area contributed by atoms with E-state index in [0.717, 1.165) is 5.56 Å². The van der Waals surface area contributed by atoms with Crippen molar-refractivity contribution in [3.05, 3.63) is 35.4 Å². The Bertz CT molecular complexity index is 216. The fourth-order valence-corrected chi connectivity index (χ4v) is 1.39. The molecule has 0 fully saturated rings. The zero-order valence-corrected chi connectivity index (χ0v) is 9.04. The maximum absolute atomic E-state index is 8.77. The summed E-state index contributed by atoms with van der Waals surface area (Å²) in [5.74, 6) is 0. The molecule has 0 aliphatic heterocycles. The molecule has 0 aromatic heterocycles. The molecule has 1 nitrogen and oxygen atoms in total. The molecule has 0 aliphatic rings. The summed E-state index contributed by atoms with van der Waals surface area (Å²) < 4.78 is 0.634. The van der Waals surface area contributed by atoms with E-state index in [1.165, 1.54) is 5.56 Å². The average Bonchev–Trinajstić information content (AvgIpc) is 2.05. The van der Waals surface area contributed by atoms with Crippen LogP contribution in [-0.2, 0) is 6.61 Å². The van der Waals surface area contributed by atoms with Crippen LogP contribution >= 0.6 is 0 Å². The molecular weight excluding hydrogens is 199 g/mol. The molecule has 0 spiro atoms. The topological polar surface area (TPSA) is 20.2 Å². The molecule has 11 heavy (non-hydrogen) atoms. The Labute approximate surface area is 75.9 Å². The molecule has 1 aromatic carbocycles. The third-order valence-corrected chi connectivity index (χ3v) is 2.50. The summed E-state index contributed by atoms with van der Waals surface area (Å²) in [6, 6.07) is 8.12. The minimum absolute atomic E-state index is 0.142. The van der Waals surface area contributed by atoms with E-state index in [2.05, 4.69) is 19.1 Å². The molecule has 2 atom stereocenters. The first-order chi connectivity index (χ1) is 5.24. The van der Waals surface area contributed by atoms with Crippen LogP contribution in [0.1, 0.15) is 22.8 Å². The van der Waals surface area contributed by atoms with Crippen LogP contribution in [0.25, 0.3) is 0 Å². The van der Waals surface area contributed by atoms with Gasteiger partial charge in [0.05, 0.1) is 0 Å². The predicted octanol–water partition coefficient (Wildman–Crippen LogP) is 0.873. The first kappa shape index (κ1) is 8.83. The number of aliphatic hydroxyl groups excluding tert-OH is 1. The van der Waals surface area contributed by atoms with Crippen molar-refractivity contribution >= 4 is 16.9 Å². The molecule has 60 valence electrons. The molecule has 1 aromatic rings. The van der Waals surface area contributed by atoms with Crippen molar-refractivity contribution in [3.63, 3.8) is 0 Å². The zero-order valence-electron chi connectivity index (χ0n) is 6.62. The quantitative estimate of drug-likeness (QED) is 0.721. The normalized spacial score (nSPS) is 13.0. The van der Waals surface area contributed by atoms with Gasteiger partial charge in [-0.1, -0.05) is 0 Å². The van der Waals surface area contributed by atoms with Crippen molar-refractivity contribution in [2.24, 2.45) is 0 Å². The average molecular weight is 212 g/mol. The second-order valence-electron chi connectivity index (χ2n) is 2.69. The maximum atomic E-state index is 8.77. The Balaban J connectivity index is 2.83. The molecule has 2 unspecified atom stereocenters. The van der Waals surface area contributed by atoms with Crippen molar-refractivity contribution < 1.29 is 5.11 Å². The van der Waals surface area contributed by atoms with Gasteiger partial charge in [0.15, 0.2) is 0 Å². The molecule has 1 rings (SSSR count). The van der Waals surface area contributed by atoms with E-state index in [1.54, 1.807) is 16.9 Å². The van der Waals surface area contributed by atoms with Gasteiger partial charge < -0.3 is 0 Å². The molecule has 0 amide bonds. The molecule has 0 bridgehead atoms. The summed E-state index contributed by atoms with van der Waals surface area (Å²) in [5, 5.41) is 8.77. The molecule has 0 aliphatic carbocycles. The van der Waals surface area contributed by atoms with Gasteiger partial charge in [0.2, 0.25) is 0 Å².